The summed E-state index contributed by atoms with van der Waals surface area (Å²) in [5.74, 6) is -0.888. The van der Waals surface area contributed by atoms with Gasteiger partial charge in [-0.05, 0) is 44.9 Å². The molecule has 1 amide bonds. The number of ether oxygens (including phenoxy) is 1. The fourth-order valence-corrected chi connectivity index (χ4v) is 2.88. The number of hydrogen-bond donors (Lipinski definition) is 1. The van der Waals surface area contributed by atoms with Crippen molar-refractivity contribution in [2.45, 2.75) is 32.2 Å². The Morgan fingerprint density at radius 3 is 2.70 bits per heavy atom. The minimum atomic E-state index is -0.971. The summed E-state index contributed by atoms with van der Waals surface area (Å²) < 4.78 is 18.6. The first kappa shape index (κ1) is 17.4. The number of hydrogen-bond acceptors (Lipinski definition) is 4. The van der Waals surface area contributed by atoms with Crippen LogP contribution in [0.25, 0.3) is 0 Å². The molecular formula is C17H23FN2O3. The molecule has 23 heavy (non-hydrogen) atoms. The van der Waals surface area contributed by atoms with E-state index in [1.54, 1.807) is 18.7 Å². The molecule has 0 bridgehead atoms. The lowest BCUT2D eigenvalue weighted by Crippen LogP contribution is -2.54. The lowest BCUT2D eigenvalue weighted by molar-refractivity contribution is -0.137. The fraction of sp³-hybridized carbons (Fsp3) is 0.529. The molecule has 0 unspecified atom stereocenters. The van der Waals surface area contributed by atoms with Crippen molar-refractivity contribution in [1.29, 1.82) is 0 Å². The van der Waals surface area contributed by atoms with Gasteiger partial charge in [-0.2, -0.15) is 0 Å². The van der Waals surface area contributed by atoms with Crippen molar-refractivity contribution >= 4 is 11.7 Å². The van der Waals surface area contributed by atoms with E-state index >= 15 is 0 Å². The molecule has 0 aliphatic carbocycles. The van der Waals surface area contributed by atoms with Crippen molar-refractivity contribution < 1.29 is 18.7 Å². The normalized spacial score (nSPS) is 18.7. The Morgan fingerprint density at radius 2 is 2.09 bits per heavy atom. The van der Waals surface area contributed by atoms with Crippen LogP contribution in [0.15, 0.2) is 18.2 Å². The first-order valence-corrected chi connectivity index (χ1v) is 7.70. The van der Waals surface area contributed by atoms with Gasteiger partial charge in [-0.1, -0.05) is 0 Å². The molecule has 0 spiro atoms. The number of carbonyl (C=O) groups is 2. The number of benzene rings is 1. The molecule has 1 aromatic rings. The van der Waals surface area contributed by atoms with E-state index in [9.17, 15) is 14.0 Å². The summed E-state index contributed by atoms with van der Waals surface area (Å²) in [6, 6.07) is 3.88. The number of likely N-dealkylation sites (tertiary alicyclic amines) is 1. The first-order chi connectivity index (χ1) is 10.7. The van der Waals surface area contributed by atoms with Crippen LogP contribution in [0.3, 0.4) is 0 Å². The highest BCUT2D eigenvalue weighted by Gasteiger charge is 2.34. The van der Waals surface area contributed by atoms with Gasteiger partial charge in [0.05, 0.1) is 18.2 Å². The monoisotopic (exact) mass is 322 g/mol. The molecule has 1 fully saturated rings. The molecule has 0 aromatic heterocycles. The van der Waals surface area contributed by atoms with Gasteiger partial charge < -0.3 is 15.4 Å². The highest BCUT2D eigenvalue weighted by atomic mass is 19.1. The molecule has 2 N–H and O–H groups in total. The summed E-state index contributed by atoms with van der Waals surface area (Å²) in [5, 5.41) is 0. The second-order valence-corrected chi connectivity index (χ2v) is 6.52. The van der Waals surface area contributed by atoms with Crippen molar-refractivity contribution in [2.24, 2.45) is 11.7 Å². The molecule has 1 saturated heterocycles. The molecule has 1 aliphatic heterocycles. The van der Waals surface area contributed by atoms with E-state index in [1.165, 1.54) is 25.3 Å². The maximum Gasteiger partial charge on any atom is 0.242 e. The SMILES string of the molecule is COc1ccc(F)cc1C(=O)[C@@H]1CCCN(C(=O)C(C)(C)N)C1. The van der Waals surface area contributed by atoms with Crippen LogP contribution in [0.5, 0.6) is 5.75 Å². The van der Waals surface area contributed by atoms with Gasteiger partial charge in [0.25, 0.3) is 0 Å². The van der Waals surface area contributed by atoms with E-state index < -0.39 is 11.4 Å². The molecule has 2 rings (SSSR count). The van der Waals surface area contributed by atoms with Crippen molar-refractivity contribution in [1.82, 2.24) is 4.90 Å². The standard InChI is InChI=1S/C17H23FN2O3/c1-17(2,19)16(22)20-8-4-5-11(10-20)15(21)13-9-12(18)6-7-14(13)23-3/h6-7,9,11H,4-5,8,10,19H2,1-3H3/t11-/m1/s1. The minimum Gasteiger partial charge on any atom is -0.496 e. The molecule has 5 nitrogen and oxygen atoms in total. The lowest BCUT2D eigenvalue weighted by Gasteiger charge is -2.35. The van der Waals surface area contributed by atoms with E-state index in [0.29, 0.717) is 25.3 Å². The number of nitrogens with two attached hydrogens (primary N) is 1. The highest BCUT2D eigenvalue weighted by Crippen LogP contribution is 2.27. The van der Waals surface area contributed by atoms with Crippen LogP contribution in [0.1, 0.15) is 37.0 Å². The Hall–Kier alpha value is -1.95. The molecule has 0 saturated carbocycles. The van der Waals surface area contributed by atoms with Crippen LogP contribution in [-0.4, -0.2) is 42.3 Å². The Morgan fingerprint density at radius 1 is 1.39 bits per heavy atom. The van der Waals surface area contributed by atoms with Crippen LogP contribution >= 0.6 is 0 Å². The summed E-state index contributed by atoms with van der Waals surface area (Å²) in [6.07, 6.45) is 1.38. The third-order valence-corrected chi connectivity index (χ3v) is 4.06. The van der Waals surface area contributed by atoms with E-state index in [1.807, 2.05) is 0 Å². The maximum atomic E-state index is 13.5. The van der Waals surface area contributed by atoms with E-state index in [-0.39, 0.29) is 23.2 Å². The highest BCUT2D eigenvalue weighted by molar-refractivity contribution is 6.01. The van der Waals surface area contributed by atoms with Gasteiger partial charge in [-0.15, -0.1) is 0 Å². The van der Waals surface area contributed by atoms with Gasteiger partial charge in [0, 0.05) is 19.0 Å². The van der Waals surface area contributed by atoms with Crippen molar-refractivity contribution in [2.75, 3.05) is 20.2 Å². The largest absolute Gasteiger partial charge is 0.496 e. The summed E-state index contributed by atoms with van der Waals surface area (Å²) in [4.78, 5) is 26.7. The molecule has 6 heteroatoms. The van der Waals surface area contributed by atoms with E-state index in [0.717, 1.165) is 6.42 Å². The number of methoxy groups -OCH3 is 1. The minimum absolute atomic E-state index is 0.179. The van der Waals surface area contributed by atoms with Gasteiger partial charge in [-0.25, -0.2) is 4.39 Å². The van der Waals surface area contributed by atoms with Crippen LogP contribution < -0.4 is 10.5 Å². The second-order valence-electron chi connectivity index (χ2n) is 6.52. The molecule has 1 atom stereocenters. The number of ketones is 1. The van der Waals surface area contributed by atoms with Crippen molar-refractivity contribution in [3.05, 3.63) is 29.6 Å². The average Bonchev–Trinajstić information content (AvgIpc) is 2.52. The maximum absolute atomic E-state index is 13.5. The van der Waals surface area contributed by atoms with Gasteiger partial charge in [-0.3, -0.25) is 9.59 Å². The van der Waals surface area contributed by atoms with Gasteiger partial charge >= 0.3 is 0 Å². The third kappa shape index (κ3) is 3.88. The van der Waals surface area contributed by atoms with E-state index in [4.69, 9.17) is 10.5 Å². The summed E-state index contributed by atoms with van der Waals surface area (Å²) in [6.45, 7) is 4.19. The third-order valence-electron chi connectivity index (χ3n) is 4.06. The van der Waals surface area contributed by atoms with Gasteiger partial charge in [0.15, 0.2) is 5.78 Å². The number of carbonyl (C=O) groups excluding carboxylic acids is 2. The van der Waals surface area contributed by atoms with E-state index in [2.05, 4.69) is 0 Å². The lowest BCUT2D eigenvalue weighted by atomic mass is 9.88. The summed E-state index contributed by atoms with van der Waals surface area (Å²) in [5.41, 5.74) is 5.11. The number of Topliss-reactive ketones (excluding diaryl/α,β-unsaturated/α-hetero) is 1. The summed E-state index contributed by atoms with van der Waals surface area (Å²) in [7, 11) is 1.44. The molecule has 1 aliphatic rings. The predicted molar refractivity (Wildman–Crippen MR) is 84.9 cm³/mol. The van der Waals surface area contributed by atoms with Gasteiger partial charge in [0.2, 0.25) is 5.91 Å². The first-order valence-electron chi connectivity index (χ1n) is 7.70. The number of amides is 1. The molecule has 0 radical (unpaired) electrons. The van der Waals surface area contributed by atoms with Crippen LogP contribution in [0.4, 0.5) is 4.39 Å². The van der Waals surface area contributed by atoms with Gasteiger partial charge in [0.1, 0.15) is 11.6 Å². The number of halogens is 1. The molecule has 1 aromatic carbocycles. The predicted octanol–water partition coefficient (Wildman–Crippen LogP) is 1.99. The van der Waals surface area contributed by atoms with Crippen LogP contribution in [0.2, 0.25) is 0 Å². The number of piperidine rings is 1. The quantitative estimate of drug-likeness (QED) is 0.861. The zero-order valence-corrected chi connectivity index (χ0v) is 13.8. The molecule has 126 valence electrons. The van der Waals surface area contributed by atoms with Crippen LogP contribution in [-0.2, 0) is 4.79 Å². The Bertz CT molecular complexity index is 610. The van der Waals surface area contributed by atoms with Crippen molar-refractivity contribution in [3.63, 3.8) is 0 Å². The zero-order valence-electron chi connectivity index (χ0n) is 13.8. The Labute approximate surface area is 135 Å². The summed E-state index contributed by atoms with van der Waals surface area (Å²) >= 11 is 0. The van der Waals surface area contributed by atoms with Crippen molar-refractivity contribution in [3.8, 4) is 5.75 Å². The topological polar surface area (TPSA) is 72.6 Å². The molecular weight excluding hydrogens is 299 g/mol. The smallest absolute Gasteiger partial charge is 0.242 e. The Balaban J connectivity index is 2.20. The molecule has 1 heterocycles. The fourth-order valence-electron chi connectivity index (χ4n) is 2.88. The zero-order chi connectivity index (χ0) is 17.2. The Kier molecular flexibility index (Phi) is 5.04. The second kappa shape index (κ2) is 6.66. The number of rotatable bonds is 4. The van der Waals surface area contributed by atoms with Crippen LogP contribution in [0, 0.1) is 11.7 Å². The number of nitrogens with zero attached hydrogens (tertiary/aromatic N) is 1. The average molecular weight is 322 g/mol.